The standard InChI is InChI=1S/C25H21Cl3N2O/c1-24(2,3)21-22(27)19-13-16(9-10-20(19)30-23(21)28)25(31,17-7-5-11-29-14-17)15-6-4-8-18(26)12-15/h4-14,31H,1-3H3. The molecule has 2 aromatic carbocycles. The predicted molar refractivity (Wildman–Crippen MR) is 128 cm³/mol. The van der Waals surface area contributed by atoms with Gasteiger partial charge >= 0.3 is 0 Å². The van der Waals surface area contributed by atoms with Crippen molar-refractivity contribution in [3.8, 4) is 0 Å². The molecule has 0 aliphatic rings. The van der Waals surface area contributed by atoms with Crippen LogP contribution in [-0.2, 0) is 11.0 Å². The fourth-order valence-electron chi connectivity index (χ4n) is 3.85. The molecule has 2 aromatic heterocycles. The first-order chi connectivity index (χ1) is 14.6. The molecule has 0 bridgehead atoms. The second kappa shape index (κ2) is 8.07. The van der Waals surface area contributed by atoms with Gasteiger partial charge in [-0.2, -0.15) is 0 Å². The van der Waals surface area contributed by atoms with E-state index in [1.165, 1.54) is 0 Å². The predicted octanol–water partition coefficient (Wildman–Crippen LogP) is 7.17. The maximum absolute atomic E-state index is 12.1. The Kier molecular flexibility index (Phi) is 5.74. The minimum absolute atomic E-state index is 0.294. The lowest BCUT2D eigenvalue weighted by Crippen LogP contribution is -2.29. The van der Waals surface area contributed by atoms with Crippen molar-refractivity contribution in [1.29, 1.82) is 0 Å². The molecule has 0 spiro atoms. The lowest BCUT2D eigenvalue weighted by Gasteiger charge is -2.30. The molecule has 3 nitrogen and oxygen atoms in total. The Hall–Kier alpha value is -2.17. The topological polar surface area (TPSA) is 46.0 Å². The van der Waals surface area contributed by atoms with Crippen molar-refractivity contribution in [3.05, 3.63) is 104 Å². The fraction of sp³-hybridized carbons (Fsp3) is 0.200. The molecule has 0 fully saturated rings. The number of nitrogens with zero attached hydrogens (tertiary/aromatic N) is 2. The summed E-state index contributed by atoms with van der Waals surface area (Å²) in [7, 11) is 0. The summed E-state index contributed by atoms with van der Waals surface area (Å²) in [4.78, 5) is 8.76. The van der Waals surface area contributed by atoms with Crippen LogP contribution in [0.15, 0.2) is 67.0 Å². The molecule has 1 atom stereocenters. The summed E-state index contributed by atoms with van der Waals surface area (Å²) < 4.78 is 0. The molecule has 31 heavy (non-hydrogen) atoms. The second-order valence-electron chi connectivity index (χ2n) is 8.54. The van der Waals surface area contributed by atoms with Gasteiger partial charge < -0.3 is 5.11 Å². The van der Waals surface area contributed by atoms with E-state index < -0.39 is 5.60 Å². The van der Waals surface area contributed by atoms with Crippen LogP contribution in [0.25, 0.3) is 10.9 Å². The molecule has 0 radical (unpaired) electrons. The third-order valence-corrected chi connectivity index (χ3v) is 6.27. The first kappa shape index (κ1) is 22.0. The van der Waals surface area contributed by atoms with E-state index in [1.54, 1.807) is 30.6 Å². The van der Waals surface area contributed by atoms with Gasteiger partial charge in [0, 0.05) is 33.9 Å². The lowest BCUT2D eigenvalue weighted by molar-refractivity contribution is 0.125. The van der Waals surface area contributed by atoms with E-state index in [2.05, 4.69) is 9.97 Å². The highest BCUT2D eigenvalue weighted by Gasteiger charge is 2.35. The Morgan fingerprint density at radius 3 is 2.19 bits per heavy atom. The summed E-state index contributed by atoms with van der Waals surface area (Å²) >= 11 is 19.6. The van der Waals surface area contributed by atoms with Gasteiger partial charge in [-0.15, -0.1) is 0 Å². The van der Waals surface area contributed by atoms with Gasteiger partial charge in [0.2, 0.25) is 0 Å². The summed E-state index contributed by atoms with van der Waals surface area (Å²) in [6.07, 6.45) is 3.31. The number of halogens is 3. The normalized spacial score (nSPS) is 13.9. The maximum Gasteiger partial charge on any atom is 0.142 e. The van der Waals surface area contributed by atoms with Crippen molar-refractivity contribution in [2.24, 2.45) is 0 Å². The third-order valence-electron chi connectivity index (χ3n) is 5.37. The van der Waals surface area contributed by atoms with Crippen LogP contribution in [0.3, 0.4) is 0 Å². The van der Waals surface area contributed by atoms with Crippen molar-refractivity contribution in [1.82, 2.24) is 9.97 Å². The summed E-state index contributed by atoms with van der Waals surface area (Å²) in [5, 5.41) is 14.3. The molecular weight excluding hydrogens is 451 g/mol. The molecule has 0 amide bonds. The van der Waals surface area contributed by atoms with Crippen LogP contribution in [0, 0.1) is 0 Å². The summed E-state index contributed by atoms with van der Waals surface area (Å²) in [5.74, 6) is 0. The number of aliphatic hydroxyl groups is 1. The quantitative estimate of drug-likeness (QED) is 0.322. The molecule has 0 aliphatic heterocycles. The van der Waals surface area contributed by atoms with Gasteiger partial charge in [-0.3, -0.25) is 4.98 Å². The van der Waals surface area contributed by atoms with Crippen molar-refractivity contribution >= 4 is 45.7 Å². The van der Waals surface area contributed by atoms with Gasteiger partial charge in [-0.1, -0.05) is 79.8 Å². The first-order valence-electron chi connectivity index (χ1n) is 9.81. The van der Waals surface area contributed by atoms with Crippen molar-refractivity contribution in [2.75, 3.05) is 0 Å². The molecule has 4 aromatic rings. The zero-order valence-corrected chi connectivity index (χ0v) is 19.6. The second-order valence-corrected chi connectivity index (χ2v) is 9.71. The Morgan fingerprint density at radius 2 is 1.55 bits per heavy atom. The minimum atomic E-state index is -1.49. The molecule has 0 aliphatic carbocycles. The molecule has 6 heteroatoms. The van der Waals surface area contributed by atoms with Gasteiger partial charge in [0.05, 0.1) is 10.5 Å². The Bertz CT molecular complexity index is 1270. The molecule has 0 saturated heterocycles. The molecular formula is C25H21Cl3N2O. The number of hydrogen-bond acceptors (Lipinski definition) is 3. The van der Waals surface area contributed by atoms with Gasteiger partial charge in [0.25, 0.3) is 0 Å². The number of hydrogen-bond donors (Lipinski definition) is 1. The highest BCUT2D eigenvalue weighted by molar-refractivity contribution is 6.39. The van der Waals surface area contributed by atoms with Crippen LogP contribution in [-0.4, -0.2) is 15.1 Å². The van der Waals surface area contributed by atoms with Crippen LogP contribution in [0.5, 0.6) is 0 Å². The fourth-order valence-corrected chi connectivity index (χ4v) is 5.08. The molecule has 1 unspecified atom stereocenters. The molecule has 4 rings (SSSR count). The SMILES string of the molecule is CC(C)(C)c1c(Cl)nc2ccc(C(O)(c3cccnc3)c3cccc(Cl)c3)cc2c1Cl. The largest absolute Gasteiger partial charge is 0.376 e. The monoisotopic (exact) mass is 470 g/mol. The van der Waals surface area contributed by atoms with Gasteiger partial charge in [0.1, 0.15) is 10.8 Å². The van der Waals surface area contributed by atoms with Gasteiger partial charge in [-0.05, 0) is 46.9 Å². The molecule has 1 N–H and O–H groups in total. The number of benzene rings is 2. The van der Waals surface area contributed by atoms with E-state index in [-0.39, 0.29) is 5.41 Å². The van der Waals surface area contributed by atoms with E-state index in [1.807, 2.05) is 57.2 Å². The first-order valence-corrected chi connectivity index (χ1v) is 10.9. The molecule has 158 valence electrons. The van der Waals surface area contributed by atoms with E-state index in [9.17, 15) is 5.11 Å². The maximum atomic E-state index is 12.1. The highest BCUT2D eigenvalue weighted by atomic mass is 35.5. The van der Waals surface area contributed by atoms with E-state index in [0.29, 0.717) is 37.4 Å². The van der Waals surface area contributed by atoms with Crippen LogP contribution in [0.2, 0.25) is 15.2 Å². The van der Waals surface area contributed by atoms with Crippen molar-refractivity contribution in [2.45, 2.75) is 31.8 Å². The number of pyridine rings is 2. The van der Waals surface area contributed by atoms with Crippen LogP contribution < -0.4 is 0 Å². The van der Waals surface area contributed by atoms with E-state index >= 15 is 0 Å². The summed E-state index contributed by atoms with van der Waals surface area (Å²) in [6, 6.07) is 16.3. The van der Waals surface area contributed by atoms with Crippen LogP contribution in [0.4, 0.5) is 0 Å². The lowest BCUT2D eigenvalue weighted by atomic mass is 9.80. The summed E-state index contributed by atoms with van der Waals surface area (Å²) in [6.45, 7) is 6.11. The Balaban J connectivity index is 2.03. The number of rotatable bonds is 3. The summed E-state index contributed by atoms with van der Waals surface area (Å²) in [5.41, 5.74) is 1.52. The Morgan fingerprint density at radius 1 is 0.839 bits per heavy atom. The van der Waals surface area contributed by atoms with Crippen molar-refractivity contribution < 1.29 is 5.11 Å². The van der Waals surface area contributed by atoms with Gasteiger partial charge in [-0.25, -0.2) is 4.98 Å². The van der Waals surface area contributed by atoms with Crippen LogP contribution in [0.1, 0.15) is 43.0 Å². The highest BCUT2D eigenvalue weighted by Crippen LogP contribution is 2.42. The third kappa shape index (κ3) is 3.92. The molecule has 0 saturated carbocycles. The molecule has 2 heterocycles. The average Bonchev–Trinajstić information content (AvgIpc) is 2.72. The van der Waals surface area contributed by atoms with Gasteiger partial charge in [0.15, 0.2) is 0 Å². The zero-order chi connectivity index (χ0) is 22.4. The van der Waals surface area contributed by atoms with Crippen LogP contribution >= 0.6 is 34.8 Å². The number of fused-ring (bicyclic) bond motifs is 1. The number of aromatic nitrogens is 2. The van der Waals surface area contributed by atoms with E-state index in [0.717, 1.165) is 10.9 Å². The Labute approximate surface area is 196 Å². The van der Waals surface area contributed by atoms with Crippen molar-refractivity contribution in [3.63, 3.8) is 0 Å². The average molecular weight is 472 g/mol. The smallest absolute Gasteiger partial charge is 0.142 e. The minimum Gasteiger partial charge on any atom is -0.376 e. The zero-order valence-electron chi connectivity index (χ0n) is 17.3. The van der Waals surface area contributed by atoms with E-state index in [4.69, 9.17) is 34.8 Å².